The summed E-state index contributed by atoms with van der Waals surface area (Å²) in [6, 6.07) is -11.1. The molecule has 0 saturated carbocycles. The molecule has 1 aromatic rings. The minimum absolute atomic E-state index is 0.00349. The van der Waals surface area contributed by atoms with E-state index in [4.69, 9.17) is 33.8 Å². The summed E-state index contributed by atoms with van der Waals surface area (Å²) in [5.74, 6) is -11.8. The summed E-state index contributed by atoms with van der Waals surface area (Å²) >= 11 is 4.06. The molecule has 29 heteroatoms. The summed E-state index contributed by atoms with van der Waals surface area (Å²) in [5, 5.41) is 37.8. The third kappa shape index (κ3) is 25.6. The Kier molecular flexibility index (Phi) is 30.7. The average molecular weight is 1040 g/mol. The van der Waals surface area contributed by atoms with Crippen LogP contribution in [-0.4, -0.2) is 166 Å². The van der Waals surface area contributed by atoms with Crippen molar-refractivity contribution in [3.63, 3.8) is 0 Å². The van der Waals surface area contributed by atoms with E-state index in [1.54, 1.807) is 13.8 Å². The molecule has 0 aromatic carbocycles. The Balaban J connectivity index is 3.26. The van der Waals surface area contributed by atoms with Crippen LogP contribution < -0.4 is 71.2 Å². The lowest BCUT2D eigenvalue weighted by atomic mass is 10.0. The largest absolute Gasteiger partial charge is 0.481 e. The van der Waals surface area contributed by atoms with Crippen molar-refractivity contribution in [3.05, 3.63) is 18.2 Å². The Morgan fingerprint density at radius 1 is 0.597 bits per heavy atom. The quantitative estimate of drug-likeness (QED) is 0.0217. The first-order valence-electron chi connectivity index (χ1n) is 23.6. The predicted octanol–water partition coefficient (Wildman–Crippen LogP) is -5.41. The van der Waals surface area contributed by atoms with Crippen LogP contribution in [0.25, 0.3) is 0 Å². The molecule has 0 saturated heterocycles. The van der Waals surface area contributed by atoms with Gasteiger partial charge in [-0.15, -0.1) is 0 Å². The second kappa shape index (κ2) is 34.8. The van der Waals surface area contributed by atoms with Crippen LogP contribution in [0.1, 0.15) is 96.6 Å². The Bertz CT molecular complexity index is 1950. The van der Waals surface area contributed by atoms with Crippen LogP contribution in [0.5, 0.6) is 0 Å². The molecule has 1 heterocycles. The lowest BCUT2D eigenvalue weighted by Gasteiger charge is -2.26. The fraction of sp³-hybridized carbons (Fsp3) is 0.674. The molecule has 28 nitrogen and oxygen atoms in total. The number of primary amides is 1. The lowest BCUT2D eigenvalue weighted by Crippen LogP contribution is -2.59. The number of imidazole rings is 1. The minimum atomic E-state index is -1.82. The van der Waals surface area contributed by atoms with Crippen molar-refractivity contribution < 1.29 is 63.0 Å². The first-order chi connectivity index (χ1) is 34.1. The summed E-state index contributed by atoms with van der Waals surface area (Å²) < 4.78 is 0. The predicted molar refractivity (Wildman–Crippen MR) is 263 cm³/mol. The van der Waals surface area contributed by atoms with E-state index < -0.39 is 133 Å². The van der Waals surface area contributed by atoms with Crippen LogP contribution in [0.4, 0.5) is 0 Å². The molecule has 21 N–H and O–H groups in total. The van der Waals surface area contributed by atoms with Gasteiger partial charge in [-0.25, -0.2) is 9.78 Å². The standard InChI is InChI=1S/C43H75N15O13S/c1-23(2)15-28(40(67)58-32(21-72)42(69)57-31(43(70)71)18-35(61)62)54-38(65)26(10-4-7-13-45)52-34(60)20-50-37(64)30(17-33(48)59)56-41(68)29(16-24-19-49-22-51-24)55-39(66)27(11-5-8-14-46)53-36(63)25(47)9-3-6-12-44/h19,22-23,25-32,72H,3-18,20-21,44-47H2,1-2H3,(H2,48,59)(H,49,51)(H,50,64)(H,52,60)(H,53,63)(H,54,65)(H,55,66)(H,56,68)(H,57,69)(H,58,67)(H,61,62)(H,70,71)/t25-,26-,27-,28-,29-,30-,31-,32-/m0/s1. The van der Waals surface area contributed by atoms with Crippen LogP contribution in [0.3, 0.4) is 0 Å². The fourth-order valence-electron chi connectivity index (χ4n) is 6.85. The molecule has 1 rings (SSSR count). The molecular weight excluding hydrogens is 967 g/mol. The second-order valence-corrected chi connectivity index (χ2v) is 17.7. The summed E-state index contributed by atoms with van der Waals surface area (Å²) in [6.07, 6.45) is 4.16. The fourth-order valence-corrected chi connectivity index (χ4v) is 7.10. The van der Waals surface area contributed by atoms with E-state index in [1.807, 2.05) is 5.32 Å². The Morgan fingerprint density at radius 2 is 1.07 bits per heavy atom. The number of thiol groups is 1. The summed E-state index contributed by atoms with van der Waals surface area (Å²) in [6.45, 7) is 3.62. The van der Waals surface area contributed by atoms with E-state index in [2.05, 4.69) is 59.8 Å². The second-order valence-electron chi connectivity index (χ2n) is 17.4. The molecule has 8 atom stereocenters. The molecular formula is C43H75N15O13S. The third-order valence-electron chi connectivity index (χ3n) is 10.7. The number of hydrogen-bond donors (Lipinski definition) is 17. The van der Waals surface area contributed by atoms with Gasteiger partial charge in [0.05, 0.1) is 31.8 Å². The number of aromatic nitrogens is 2. The number of carboxylic acid groups (broad SMARTS) is 2. The summed E-state index contributed by atoms with van der Waals surface area (Å²) in [5.41, 5.74) is 28.7. The lowest BCUT2D eigenvalue weighted by molar-refractivity contribution is -0.147. The van der Waals surface area contributed by atoms with Gasteiger partial charge in [0.2, 0.25) is 53.2 Å². The number of hydrogen-bond acceptors (Lipinski definition) is 17. The SMILES string of the molecule is CC(C)C[C@H](NC(=O)[C@H](CCCCN)NC(=O)CNC(=O)[C@H](CC(N)=O)NC(=O)[C@H](Cc1cnc[nH]1)NC(=O)[C@H](CCCCN)NC(=O)[C@@H](N)CCCCN)C(=O)N[C@@H](CS)C(=O)N[C@@H](CC(=O)O)C(=O)O. The molecule has 0 aliphatic carbocycles. The molecule has 0 bridgehead atoms. The molecule has 0 unspecified atom stereocenters. The van der Waals surface area contributed by atoms with E-state index in [-0.39, 0.29) is 43.9 Å². The number of aliphatic carboxylic acids is 2. The van der Waals surface area contributed by atoms with Crippen molar-refractivity contribution in [2.24, 2.45) is 34.6 Å². The van der Waals surface area contributed by atoms with Crippen molar-refractivity contribution in [2.45, 2.75) is 146 Å². The Hall–Kier alpha value is -6.43. The highest BCUT2D eigenvalue weighted by atomic mass is 32.1. The number of nitrogens with one attached hydrogen (secondary N) is 9. The molecule has 0 aliphatic rings. The van der Waals surface area contributed by atoms with Gasteiger partial charge in [0.1, 0.15) is 42.3 Å². The average Bonchev–Trinajstić information content (AvgIpc) is 3.83. The smallest absolute Gasteiger partial charge is 0.326 e. The van der Waals surface area contributed by atoms with Gasteiger partial charge >= 0.3 is 11.9 Å². The number of nitrogens with zero attached hydrogens (tertiary/aromatic N) is 1. The van der Waals surface area contributed by atoms with E-state index >= 15 is 0 Å². The van der Waals surface area contributed by atoms with Crippen molar-refractivity contribution in [3.8, 4) is 0 Å². The van der Waals surface area contributed by atoms with Gasteiger partial charge in [-0.1, -0.05) is 20.3 Å². The van der Waals surface area contributed by atoms with Crippen LogP contribution in [0, 0.1) is 5.92 Å². The highest BCUT2D eigenvalue weighted by molar-refractivity contribution is 7.80. The van der Waals surface area contributed by atoms with E-state index in [9.17, 15) is 57.8 Å². The van der Waals surface area contributed by atoms with E-state index in [1.165, 1.54) is 12.5 Å². The first kappa shape index (κ1) is 63.6. The van der Waals surface area contributed by atoms with Gasteiger partial charge in [0.25, 0.3) is 0 Å². The highest BCUT2D eigenvalue weighted by Crippen LogP contribution is 2.10. The molecule has 0 spiro atoms. The first-order valence-corrected chi connectivity index (χ1v) is 24.3. The normalized spacial score (nSPS) is 14.4. The Labute approximate surface area is 422 Å². The maximum atomic E-state index is 13.9. The molecule has 0 fully saturated rings. The van der Waals surface area contributed by atoms with E-state index in [0.717, 1.165) is 0 Å². The van der Waals surface area contributed by atoms with Crippen LogP contribution in [0.15, 0.2) is 12.5 Å². The number of amides is 9. The van der Waals surface area contributed by atoms with Crippen molar-refractivity contribution in [1.29, 1.82) is 0 Å². The number of unbranched alkanes of at least 4 members (excludes halogenated alkanes) is 3. The molecule has 9 amide bonds. The van der Waals surface area contributed by atoms with Crippen molar-refractivity contribution in [1.82, 2.24) is 52.5 Å². The molecule has 0 aliphatic heterocycles. The van der Waals surface area contributed by atoms with Crippen molar-refractivity contribution >= 4 is 77.7 Å². The monoisotopic (exact) mass is 1040 g/mol. The van der Waals surface area contributed by atoms with Gasteiger partial charge in [-0.3, -0.25) is 47.9 Å². The number of rotatable bonds is 38. The van der Waals surface area contributed by atoms with Gasteiger partial charge < -0.3 is 86.4 Å². The minimum Gasteiger partial charge on any atom is -0.481 e. The molecule has 406 valence electrons. The van der Waals surface area contributed by atoms with Gasteiger partial charge in [-0.05, 0) is 83.3 Å². The van der Waals surface area contributed by atoms with Gasteiger partial charge in [0.15, 0.2) is 0 Å². The number of carbonyl (C=O) groups excluding carboxylic acids is 9. The maximum absolute atomic E-state index is 13.9. The maximum Gasteiger partial charge on any atom is 0.326 e. The van der Waals surface area contributed by atoms with Gasteiger partial charge in [0, 0.05) is 24.1 Å². The van der Waals surface area contributed by atoms with Crippen molar-refractivity contribution in [2.75, 3.05) is 31.9 Å². The van der Waals surface area contributed by atoms with E-state index in [0.29, 0.717) is 63.7 Å². The number of aromatic amines is 1. The van der Waals surface area contributed by atoms with Gasteiger partial charge in [-0.2, -0.15) is 12.6 Å². The van der Waals surface area contributed by atoms with Crippen LogP contribution >= 0.6 is 12.6 Å². The third-order valence-corrected chi connectivity index (χ3v) is 11.1. The zero-order valence-electron chi connectivity index (χ0n) is 40.7. The number of carboxylic acids is 2. The number of nitrogens with two attached hydrogens (primary N) is 5. The summed E-state index contributed by atoms with van der Waals surface area (Å²) in [4.78, 5) is 149. The molecule has 0 radical (unpaired) electrons. The highest BCUT2D eigenvalue weighted by Gasteiger charge is 2.34. The van der Waals surface area contributed by atoms with Crippen LogP contribution in [-0.2, 0) is 59.2 Å². The topological polar surface area (TPSA) is 483 Å². The zero-order chi connectivity index (χ0) is 54.3. The summed E-state index contributed by atoms with van der Waals surface area (Å²) in [7, 11) is 0. The number of carbonyl (C=O) groups is 11. The Morgan fingerprint density at radius 3 is 1.57 bits per heavy atom. The zero-order valence-corrected chi connectivity index (χ0v) is 41.6. The number of H-pyrrole nitrogens is 1. The molecule has 1 aromatic heterocycles. The van der Waals surface area contributed by atoms with Crippen LogP contribution in [0.2, 0.25) is 0 Å². The molecule has 72 heavy (non-hydrogen) atoms.